The van der Waals surface area contributed by atoms with Gasteiger partial charge < -0.3 is 10.1 Å². The van der Waals surface area contributed by atoms with Gasteiger partial charge in [0.25, 0.3) is 0 Å². The smallest absolute Gasteiger partial charge is 0.224 e. The standard InChI is InChI=1S/C18H20FNO2/c1-2-14-9-11-15(12-10-14)22-13-5-8-18(21)20-17-7-4-3-6-16(17)19/h3-4,6-7,9-12H,2,5,8,13H2,1H3,(H,20,21). The molecule has 0 saturated carbocycles. The van der Waals surface area contributed by atoms with Crippen molar-refractivity contribution >= 4 is 11.6 Å². The van der Waals surface area contributed by atoms with Gasteiger partial charge in [-0.15, -0.1) is 0 Å². The SMILES string of the molecule is CCc1ccc(OCCCC(=O)Nc2ccccc2F)cc1. The lowest BCUT2D eigenvalue weighted by atomic mass is 10.2. The van der Waals surface area contributed by atoms with E-state index in [1.165, 1.54) is 11.6 Å². The Hall–Kier alpha value is -2.36. The highest BCUT2D eigenvalue weighted by Gasteiger charge is 2.06. The first-order valence-corrected chi connectivity index (χ1v) is 7.45. The van der Waals surface area contributed by atoms with Gasteiger partial charge in [-0.1, -0.05) is 31.2 Å². The maximum absolute atomic E-state index is 13.4. The minimum Gasteiger partial charge on any atom is -0.494 e. The highest BCUT2D eigenvalue weighted by atomic mass is 19.1. The van der Waals surface area contributed by atoms with Crippen molar-refractivity contribution in [2.24, 2.45) is 0 Å². The van der Waals surface area contributed by atoms with Gasteiger partial charge in [0.05, 0.1) is 12.3 Å². The molecule has 0 radical (unpaired) electrons. The number of carbonyl (C=O) groups excluding carboxylic acids is 1. The van der Waals surface area contributed by atoms with Gasteiger partial charge in [0.2, 0.25) is 5.91 Å². The molecule has 2 aromatic carbocycles. The third-order valence-electron chi connectivity index (χ3n) is 3.30. The van der Waals surface area contributed by atoms with Gasteiger partial charge in [0.1, 0.15) is 11.6 Å². The lowest BCUT2D eigenvalue weighted by Crippen LogP contribution is -2.13. The Kier molecular flexibility index (Phi) is 5.95. The summed E-state index contributed by atoms with van der Waals surface area (Å²) in [5.74, 6) is 0.157. The third-order valence-corrected chi connectivity index (χ3v) is 3.30. The molecule has 116 valence electrons. The largest absolute Gasteiger partial charge is 0.494 e. The number of hydrogen-bond donors (Lipinski definition) is 1. The van der Waals surface area contributed by atoms with Crippen LogP contribution in [0, 0.1) is 5.82 Å². The van der Waals surface area contributed by atoms with Crippen LogP contribution in [0.25, 0.3) is 0 Å². The van der Waals surface area contributed by atoms with Crippen LogP contribution in [0.5, 0.6) is 5.75 Å². The third kappa shape index (κ3) is 4.88. The van der Waals surface area contributed by atoms with Crippen LogP contribution in [-0.2, 0) is 11.2 Å². The summed E-state index contributed by atoms with van der Waals surface area (Å²) < 4.78 is 19.0. The molecule has 0 aliphatic heterocycles. The van der Waals surface area contributed by atoms with Gasteiger partial charge >= 0.3 is 0 Å². The zero-order valence-electron chi connectivity index (χ0n) is 12.6. The van der Waals surface area contributed by atoms with E-state index in [9.17, 15) is 9.18 Å². The molecule has 2 rings (SSSR count). The maximum Gasteiger partial charge on any atom is 0.224 e. The van der Waals surface area contributed by atoms with E-state index in [1.807, 2.05) is 24.3 Å². The quantitative estimate of drug-likeness (QED) is 0.779. The molecule has 0 aliphatic rings. The topological polar surface area (TPSA) is 38.3 Å². The molecular formula is C18H20FNO2. The molecule has 2 aromatic rings. The second kappa shape index (κ2) is 8.17. The first kappa shape index (κ1) is 16.0. The highest BCUT2D eigenvalue weighted by Crippen LogP contribution is 2.14. The lowest BCUT2D eigenvalue weighted by Gasteiger charge is -2.08. The highest BCUT2D eigenvalue weighted by molar-refractivity contribution is 5.90. The van der Waals surface area contributed by atoms with E-state index in [0.717, 1.165) is 12.2 Å². The maximum atomic E-state index is 13.4. The Morgan fingerprint density at radius 1 is 1.14 bits per heavy atom. The van der Waals surface area contributed by atoms with Crippen molar-refractivity contribution in [3.8, 4) is 5.75 Å². The van der Waals surface area contributed by atoms with Gasteiger partial charge in [-0.05, 0) is 42.7 Å². The molecule has 0 spiro atoms. The number of amides is 1. The predicted molar refractivity (Wildman–Crippen MR) is 85.6 cm³/mol. The average Bonchev–Trinajstić information content (AvgIpc) is 2.54. The predicted octanol–water partition coefficient (Wildman–Crippen LogP) is 4.19. The average molecular weight is 301 g/mol. The monoisotopic (exact) mass is 301 g/mol. The minimum absolute atomic E-state index is 0.212. The van der Waals surface area contributed by atoms with Gasteiger partial charge in [-0.25, -0.2) is 4.39 Å². The second-order valence-corrected chi connectivity index (χ2v) is 4.98. The lowest BCUT2D eigenvalue weighted by molar-refractivity contribution is -0.116. The van der Waals surface area contributed by atoms with Crippen molar-refractivity contribution in [3.05, 3.63) is 59.9 Å². The Labute approximate surface area is 130 Å². The number of carbonyl (C=O) groups is 1. The Morgan fingerprint density at radius 2 is 1.86 bits per heavy atom. The summed E-state index contributed by atoms with van der Waals surface area (Å²) in [6, 6.07) is 14.0. The molecule has 1 N–H and O–H groups in total. The molecule has 1 amide bonds. The first-order chi connectivity index (χ1) is 10.7. The number of nitrogens with one attached hydrogen (secondary N) is 1. The number of aryl methyl sites for hydroxylation is 1. The molecule has 0 saturated heterocycles. The van der Waals surface area contributed by atoms with E-state index in [4.69, 9.17) is 4.74 Å². The first-order valence-electron chi connectivity index (χ1n) is 7.45. The minimum atomic E-state index is -0.428. The van der Waals surface area contributed by atoms with Crippen molar-refractivity contribution in [2.75, 3.05) is 11.9 Å². The molecule has 0 atom stereocenters. The Morgan fingerprint density at radius 3 is 2.55 bits per heavy atom. The van der Waals surface area contributed by atoms with Gasteiger partial charge in [-0.3, -0.25) is 4.79 Å². The van der Waals surface area contributed by atoms with Gasteiger partial charge in [0, 0.05) is 6.42 Å². The van der Waals surface area contributed by atoms with Gasteiger partial charge in [0.15, 0.2) is 0 Å². The van der Waals surface area contributed by atoms with Crippen LogP contribution in [0.1, 0.15) is 25.3 Å². The molecule has 4 heteroatoms. The van der Waals surface area contributed by atoms with E-state index in [-0.39, 0.29) is 11.6 Å². The molecule has 22 heavy (non-hydrogen) atoms. The van der Waals surface area contributed by atoms with Crippen LogP contribution in [0.4, 0.5) is 10.1 Å². The van der Waals surface area contributed by atoms with Crippen molar-refractivity contribution < 1.29 is 13.9 Å². The molecule has 0 heterocycles. The fourth-order valence-corrected chi connectivity index (χ4v) is 2.02. The normalized spacial score (nSPS) is 10.3. The fraction of sp³-hybridized carbons (Fsp3) is 0.278. The molecule has 0 aliphatic carbocycles. The fourth-order valence-electron chi connectivity index (χ4n) is 2.02. The van der Waals surface area contributed by atoms with Gasteiger partial charge in [-0.2, -0.15) is 0 Å². The summed E-state index contributed by atoms with van der Waals surface area (Å²) in [5.41, 5.74) is 1.47. The molecule has 3 nitrogen and oxygen atoms in total. The van der Waals surface area contributed by atoms with E-state index in [1.54, 1.807) is 18.2 Å². The summed E-state index contributed by atoms with van der Waals surface area (Å²) in [7, 11) is 0. The summed E-state index contributed by atoms with van der Waals surface area (Å²) >= 11 is 0. The number of halogens is 1. The zero-order chi connectivity index (χ0) is 15.8. The van der Waals surface area contributed by atoms with Crippen LogP contribution in [0.3, 0.4) is 0 Å². The number of para-hydroxylation sites is 1. The number of anilines is 1. The molecule has 0 aromatic heterocycles. The van der Waals surface area contributed by atoms with Crippen LogP contribution >= 0.6 is 0 Å². The Bertz CT molecular complexity index is 611. The summed E-state index contributed by atoms with van der Waals surface area (Å²) in [4.78, 5) is 11.7. The summed E-state index contributed by atoms with van der Waals surface area (Å²) in [6.07, 6.45) is 1.87. The van der Waals surface area contributed by atoms with E-state index in [2.05, 4.69) is 12.2 Å². The zero-order valence-corrected chi connectivity index (χ0v) is 12.6. The molecule has 0 bridgehead atoms. The number of rotatable bonds is 7. The van der Waals surface area contributed by atoms with E-state index in [0.29, 0.717) is 19.4 Å². The number of benzene rings is 2. The van der Waals surface area contributed by atoms with Crippen LogP contribution in [0.2, 0.25) is 0 Å². The van der Waals surface area contributed by atoms with E-state index >= 15 is 0 Å². The summed E-state index contributed by atoms with van der Waals surface area (Å²) in [5, 5.41) is 2.55. The van der Waals surface area contributed by atoms with Crippen molar-refractivity contribution in [2.45, 2.75) is 26.2 Å². The van der Waals surface area contributed by atoms with Crippen molar-refractivity contribution in [1.82, 2.24) is 0 Å². The molecule has 0 fully saturated rings. The molecule has 0 unspecified atom stereocenters. The van der Waals surface area contributed by atoms with Crippen molar-refractivity contribution in [3.63, 3.8) is 0 Å². The number of hydrogen-bond acceptors (Lipinski definition) is 2. The van der Waals surface area contributed by atoms with Crippen LogP contribution in [-0.4, -0.2) is 12.5 Å². The van der Waals surface area contributed by atoms with E-state index < -0.39 is 5.82 Å². The van der Waals surface area contributed by atoms with Crippen molar-refractivity contribution in [1.29, 1.82) is 0 Å². The second-order valence-electron chi connectivity index (χ2n) is 4.98. The number of ether oxygens (including phenoxy) is 1. The van der Waals surface area contributed by atoms with Crippen LogP contribution in [0.15, 0.2) is 48.5 Å². The Balaban J connectivity index is 1.69. The van der Waals surface area contributed by atoms with Crippen LogP contribution < -0.4 is 10.1 Å². The summed E-state index contributed by atoms with van der Waals surface area (Å²) in [6.45, 7) is 2.56. The molecular weight excluding hydrogens is 281 g/mol.